The minimum atomic E-state index is -0.296. The molecule has 0 radical (unpaired) electrons. The normalized spacial score (nSPS) is 12.5. The number of nitrogens with one attached hydrogen (secondary N) is 1. The molecule has 0 fully saturated rings. The van der Waals surface area contributed by atoms with Gasteiger partial charge in [-0.2, -0.15) is 5.21 Å². The van der Waals surface area contributed by atoms with Crippen molar-refractivity contribution >= 4 is 34.7 Å². The molecular formula is C20H16ClN5O. The molecule has 7 heteroatoms. The van der Waals surface area contributed by atoms with Crippen molar-refractivity contribution in [2.24, 2.45) is 0 Å². The number of fused-ring (bicyclic) bond motifs is 1. The first kappa shape index (κ1) is 17.2. The third kappa shape index (κ3) is 4.12. The SMILES string of the molecule is CC(Oc1cccc(C=Cc2ccc3ccc(Cl)cc3n2)c1)c1nn[nH]n1. The lowest BCUT2D eigenvalue weighted by molar-refractivity contribution is 0.216. The summed E-state index contributed by atoms with van der Waals surface area (Å²) < 4.78 is 5.87. The Hall–Kier alpha value is -3.25. The number of hydrogen-bond acceptors (Lipinski definition) is 5. The molecule has 4 aromatic rings. The lowest BCUT2D eigenvalue weighted by atomic mass is 10.1. The van der Waals surface area contributed by atoms with Crippen molar-refractivity contribution in [1.29, 1.82) is 0 Å². The summed E-state index contributed by atoms with van der Waals surface area (Å²) in [5.74, 6) is 1.24. The van der Waals surface area contributed by atoms with E-state index >= 15 is 0 Å². The third-order valence-corrected chi connectivity index (χ3v) is 4.25. The Kier molecular flexibility index (Phi) is 4.80. The number of nitrogens with zero attached hydrogens (tertiary/aromatic N) is 4. The Bertz CT molecular complexity index is 1090. The van der Waals surface area contributed by atoms with Gasteiger partial charge in [-0.05, 0) is 48.9 Å². The van der Waals surface area contributed by atoms with E-state index in [1.807, 2.05) is 73.7 Å². The number of aromatic nitrogens is 5. The maximum atomic E-state index is 6.05. The van der Waals surface area contributed by atoms with E-state index in [0.717, 1.165) is 27.9 Å². The van der Waals surface area contributed by atoms with Gasteiger partial charge in [0.2, 0.25) is 5.82 Å². The van der Waals surface area contributed by atoms with Gasteiger partial charge in [0, 0.05) is 10.4 Å². The molecule has 1 atom stereocenters. The number of aromatic amines is 1. The molecule has 0 saturated carbocycles. The molecule has 0 bridgehead atoms. The minimum Gasteiger partial charge on any atom is -0.483 e. The van der Waals surface area contributed by atoms with E-state index in [4.69, 9.17) is 16.3 Å². The van der Waals surface area contributed by atoms with Crippen molar-refractivity contribution in [1.82, 2.24) is 25.6 Å². The summed E-state index contributed by atoms with van der Waals surface area (Å²) in [4.78, 5) is 4.63. The zero-order valence-electron chi connectivity index (χ0n) is 14.5. The van der Waals surface area contributed by atoms with Crippen LogP contribution in [0.15, 0.2) is 54.6 Å². The third-order valence-electron chi connectivity index (χ3n) is 4.02. The van der Waals surface area contributed by atoms with E-state index in [1.54, 1.807) is 0 Å². The Morgan fingerprint density at radius 2 is 1.96 bits per heavy atom. The van der Waals surface area contributed by atoms with Crippen LogP contribution in [0, 0.1) is 0 Å². The Morgan fingerprint density at radius 1 is 1.07 bits per heavy atom. The second kappa shape index (κ2) is 7.55. The van der Waals surface area contributed by atoms with Crippen LogP contribution in [0.5, 0.6) is 5.75 Å². The molecule has 27 heavy (non-hydrogen) atoms. The van der Waals surface area contributed by atoms with Gasteiger partial charge in [0.1, 0.15) is 5.75 Å². The highest BCUT2D eigenvalue weighted by Crippen LogP contribution is 2.22. The largest absolute Gasteiger partial charge is 0.483 e. The standard InChI is InChI=1S/C20H16ClN5O/c1-13(20-23-25-26-24-20)27-18-4-2-3-14(11-18)5-9-17-10-7-15-6-8-16(21)12-19(15)22-17/h2-13H,1H3,(H,23,24,25,26). The summed E-state index contributed by atoms with van der Waals surface area (Å²) in [6.45, 7) is 1.87. The van der Waals surface area contributed by atoms with E-state index in [0.29, 0.717) is 10.8 Å². The Labute approximate surface area is 160 Å². The number of benzene rings is 2. The molecule has 2 aromatic carbocycles. The first-order chi connectivity index (χ1) is 13.2. The van der Waals surface area contributed by atoms with Gasteiger partial charge < -0.3 is 4.74 Å². The molecule has 0 amide bonds. The second-order valence-electron chi connectivity index (χ2n) is 6.01. The van der Waals surface area contributed by atoms with Crippen molar-refractivity contribution in [2.45, 2.75) is 13.0 Å². The summed E-state index contributed by atoms with van der Waals surface area (Å²) in [6.07, 6.45) is 3.65. The van der Waals surface area contributed by atoms with E-state index in [1.165, 1.54) is 0 Å². The van der Waals surface area contributed by atoms with Crippen molar-refractivity contribution in [3.05, 3.63) is 76.7 Å². The zero-order chi connectivity index (χ0) is 18.6. The summed E-state index contributed by atoms with van der Waals surface area (Å²) in [5.41, 5.74) is 2.73. The first-order valence-electron chi connectivity index (χ1n) is 8.42. The van der Waals surface area contributed by atoms with Crippen molar-refractivity contribution < 1.29 is 4.74 Å². The van der Waals surface area contributed by atoms with Gasteiger partial charge in [-0.3, -0.25) is 0 Å². The smallest absolute Gasteiger partial charge is 0.214 e. The summed E-state index contributed by atoms with van der Waals surface area (Å²) in [6, 6.07) is 17.5. The number of H-pyrrole nitrogens is 1. The van der Waals surface area contributed by atoms with E-state index < -0.39 is 0 Å². The summed E-state index contributed by atoms with van der Waals surface area (Å²) >= 11 is 6.05. The molecule has 1 N–H and O–H groups in total. The molecule has 2 heterocycles. The molecule has 0 aliphatic carbocycles. The average Bonchev–Trinajstić information content (AvgIpc) is 3.21. The van der Waals surface area contributed by atoms with Gasteiger partial charge in [-0.25, -0.2) is 4.98 Å². The fourth-order valence-electron chi connectivity index (χ4n) is 2.67. The molecular weight excluding hydrogens is 362 g/mol. The number of ether oxygens (including phenoxy) is 1. The quantitative estimate of drug-likeness (QED) is 0.545. The van der Waals surface area contributed by atoms with Crippen molar-refractivity contribution in [3.8, 4) is 5.75 Å². The molecule has 134 valence electrons. The van der Waals surface area contributed by atoms with Crippen molar-refractivity contribution in [2.75, 3.05) is 0 Å². The Morgan fingerprint density at radius 3 is 2.81 bits per heavy atom. The van der Waals surface area contributed by atoms with Gasteiger partial charge in [-0.1, -0.05) is 47.2 Å². The average molecular weight is 378 g/mol. The molecule has 0 spiro atoms. The van der Waals surface area contributed by atoms with Crippen LogP contribution in [0.1, 0.15) is 30.1 Å². The van der Waals surface area contributed by atoms with Gasteiger partial charge >= 0.3 is 0 Å². The fraction of sp³-hybridized carbons (Fsp3) is 0.100. The second-order valence-corrected chi connectivity index (χ2v) is 6.45. The molecule has 0 saturated heterocycles. The van der Waals surface area contributed by atoms with Gasteiger partial charge in [0.25, 0.3) is 0 Å². The minimum absolute atomic E-state index is 0.296. The zero-order valence-corrected chi connectivity index (χ0v) is 15.3. The summed E-state index contributed by atoms with van der Waals surface area (Å²) in [7, 11) is 0. The van der Waals surface area contributed by atoms with Crippen LogP contribution in [-0.2, 0) is 0 Å². The van der Waals surface area contributed by atoms with Crippen LogP contribution in [-0.4, -0.2) is 25.6 Å². The number of rotatable bonds is 5. The van der Waals surface area contributed by atoms with Crippen LogP contribution in [0.3, 0.4) is 0 Å². The predicted octanol–water partition coefficient (Wildman–Crippen LogP) is 4.71. The van der Waals surface area contributed by atoms with E-state index in [9.17, 15) is 0 Å². The molecule has 4 rings (SSSR count). The van der Waals surface area contributed by atoms with Gasteiger partial charge in [0.05, 0.1) is 11.2 Å². The number of tetrazole rings is 1. The molecule has 1 unspecified atom stereocenters. The van der Waals surface area contributed by atoms with Crippen LogP contribution in [0.4, 0.5) is 0 Å². The lowest BCUT2D eigenvalue weighted by Crippen LogP contribution is -2.05. The highest BCUT2D eigenvalue weighted by molar-refractivity contribution is 6.31. The van der Waals surface area contributed by atoms with Crippen LogP contribution >= 0.6 is 11.6 Å². The number of pyridine rings is 1. The highest BCUT2D eigenvalue weighted by atomic mass is 35.5. The molecule has 0 aliphatic heterocycles. The maximum Gasteiger partial charge on any atom is 0.214 e. The Balaban J connectivity index is 1.52. The first-order valence-corrected chi connectivity index (χ1v) is 8.80. The molecule has 6 nitrogen and oxygen atoms in total. The molecule has 0 aliphatic rings. The van der Waals surface area contributed by atoms with E-state index in [2.05, 4.69) is 25.6 Å². The maximum absolute atomic E-state index is 6.05. The van der Waals surface area contributed by atoms with Crippen LogP contribution < -0.4 is 4.74 Å². The summed E-state index contributed by atoms with van der Waals surface area (Å²) in [5, 5.41) is 15.6. The lowest BCUT2D eigenvalue weighted by Gasteiger charge is -2.11. The van der Waals surface area contributed by atoms with Crippen LogP contribution in [0.2, 0.25) is 5.02 Å². The predicted molar refractivity (Wildman–Crippen MR) is 105 cm³/mol. The highest BCUT2D eigenvalue weighted by Gasteiger charge is 2.11. The fourth-order valence-corrected chi connectivity index (χ4v) is 2.84. The van der Waals surface area contributed by atoms with Gasteiger partial charge in [-0.15, -0.1) is 10.2 Å². The van der Waals surface area contributed by atoms with Crippen LogP contribution in [0.25, 0.3) is 23.1 Å². The van der Waals surface area contributed by atoms with Crippen molar-refractivity contribution in [3.63, 3.8) is 0 Å². The number of hydrogen-bond donors (Lipinski definition) is 1. The number of halogens is 1. The monoisotopic (exact) mass is 377 g/mol. The van der Waals surface area contributed by atoms with E-state index in [-0.39, 0.29) is 6.10 Å². The topological polar surface area (TPSA) is 76.6 Å². The molecule has 2 aromatic heterocycles. The van der Waals surface area contributed by atoms with Gasteiger partial charge in [0.15, 0.2) is 6.10 Å².